The summed E-state index contributed by atoms with van der Waals surface area (Å²) >= 11 is 0. The Balaban J connectivity index is 3.20. The van der Waals surface area contributed by atoms with E-state index in [2.05, 4.69) is 17.1 Å². The lowest BCUT2D eigenvalue weighted by atomic mass is 10.2. The van der Waals surface area contributed by atoms with Gasteiger partial charge in [-0.3, -0.25) is 0 Å². The lowest BCUT2D eigenvalue weighted by molar-refractivity contribution is 0.279. The first-order valence-electron chi connectivity index (χ1n) is 6.68. The van der Waals surface area contributed by atoms with Gasteiger partial charge in [-0.1, -0.05) is 6.92 Å². The Morgan fingerprint density at radius 3 is 2.12 bits per heavy atom. The van der Waals surface area contributed by atoms with Crippen LogP contribution in [0.4, 0.5) is 0 Å². The fourth-order valence-corrected chi connectivity index (χ4v) is 1.68. The van der Waals surface area contributed by atoms with E-state index in [1.807, 2.05) is 0 Å². The Morgan fingerprint density at radius 1 is 0.875 bits per heavy atom. The molecule has 0 radical (unpaired) electrons. The molecule has 0 saturated heterocycles. The van der Waals surface area contributed by atoms with Crippen molar-refractivity contribution in [3.63, 3.8) is 0 Å². The highest BCUT2D eigenvalue weighted by molar-refractivity contribution is 4.57. The van der Waals surface area contributed by atoms with Gasteiger partial charge < -0.3 is 21.7 Å². The molecule has 0 heterocycles. The van der Waals surface area contributed by atoms with Gasteiger partial charge in [-0.15, -0.1) is 0 Å². The van der Waals surface area contributed by atoms with Gasteiger partial charge >= 0.3 is 0 Å². The highest BCUT2D eigenvalue weighted by atomic mass is 15.1. The number of unbranched alkanes of at least 4 members (excludes halogenated alkanes) is 1. The normalized spacial score (nSPS) is 11.2. The van der Waals surface area contributed by atoms with Crippen LogP contribution >= 0.6 is 0 Å². The second-order valence-corrected chi connectivity index (χ2v) is 4.18. The molecule has 0 amide bonds. The van der Waals surface area contributed by atoms with Crippen molar-refractivity contribution in [3.05, 3.63) is 0 Å². The van der Waals surface area contributed by atoms with Crippen molar-refractivity contribution < 1.29 is 0 Å². The molecule has 0 rings (SSSR count). The van der Waals surface area contributed by atoms with Crippen molar-refractivity contribution >= 4 is 0 Å². The quantitative estimate of drug-likeness (QED) is 0.424. The second-order valence-electron chi connectivity index (χ2n) is 4.18. The van der Waals surface area contributed by atoms with Crippen molar-refractivity contribution in [2.75, 3.05) is 45.8 Å². The predicted molar refractivity (Wildman–Crippen MR) is 71.6 cm³/mol. The third-order valence-corrected chi connectivity index (χ3v) is 2.76. The molecular weight excluding hydrogens is 200 g/mol. The van der Waals surface area contributed by atoms with E-state index < -0.39 is 0 Å². The SMILES string of the molecule is CCN(CCCN)CCCCNCCCN. The first kappa shape index (κ1) is 15.8. The average molecular weight is 230 g/mol. The van der Waals surface area contributed by atoms with E-state index in [0.29, 0.717) is 0 Å². The molecular formula is C12H30N4. The summed E-state index contributed by atoms with van der Waals surface area (Å²) in [5.41, 5.74) is 10.9. The summed E-state index contributed by atoms with van der Waals surface area (Å²) < 4.78 is 0. The molecule has 0 aliphatic carbocycles. The summed E-state index contributed by atoms with van der Waals surface area (Å²) in [7, 11) is 0. The molecule has 0 unspecified atom stereocenters. The molecule has 0 aromatic carbocycles. The van der Waals surface area contributed by atoms with Crippen molar-refractivity contribution in [1.29, 1.82) is 0 Å². The van der Waals surface area contributed by atoms with Crippen LogP contribution in [0.1, 0.15) is 32.6 Å². The molecule has 4 heteroatoms. The number of rotatable bonds is 12. The third-order valence-electron chi connectivity index (χ3n) is 2.76. The Hall–Kier alpha value is -0.160. The highest BCUT2D eigenvalue weighted by Crippen LogP contribution is 1.96. The summed E-state index contributed by atoms with van der Waals surface area (Å²) in [4.78, 5) is 2.48. The molecule has 0 aliphatic rings. The summed E-state index contributed by atoms with van der Waals surface area (Å²) in [5.74, 6) is 0. The molecule has 0 aliphatic heterocycles. The number of nitrogens with zero attached hydrogens (tertiary/aromatic N) is 1. The predicted octanol–water partition coefficient (Wildman–Crippen LogP) is 0.376. The maximum Gasteiger partial charge on any atom is -0.000683 e. The van der Waals surface area contributed by atoms with Crippen molar-refractivity contribution in [1.82, 2.24) is 10.2 Å². The molecule has 0 bridgehead atoms. The van der Waals surface area contributed by atoms with Crippen LogP contribution < -0.4 is 16.8 Å². The number of nitrogens with one attached hydrogen (secondary N) is 1. The number of hydrogen-bond donors (Lipinski definition) is 3. The number of nitrogens with two attached hydrogens (primary N) is 2. The maximum atomic E-state index is 5.51. The van der Waals surface area contributed by atoms with Crippen LogP contribution in [0.5, 0.6) is 0 Å². The Kier molecular flexibility index (Phi) is 12.8. The number of hydrogen-bond acceptors (Lipinski definition) is 4. The van der Waals surface area contributed by atoms with E-state index in [4.69, 9.17) is 11.5 Å². The van der Waals surface area contributed by atoms with E-state index in [9.17, 15) is 0 Å². The zero-order valence-electron chi connectivity index (χ0n) is 10.9. The first-order valence-corrected chi connectivity index (χ1v) is 6.68. The van der Waals surface area contributed by atoms with Crippen LogP contribution in [0.15, 0.2) is 0 Å². The van der Waals surface area contributed by atoms with Crippen LogP contribution in [0.2, 0.25) is 0 Å². The fraction of sp³-hybridized carbons (Fsp3) is 1.00. The van der Waals surface area contributed by atoms with E-state index in [1.165, 1.54) is 19.4 Å². The van der Waals surface area contributed by atoms with Gasteiger partial charge in [0.15, 0.2) is 0 Å². The van der Waals surface area contributed by atoms with Gasteiger partial charge in [0.2, 0.25) is 0 Å². The molecule has 5 N–H and O–H groups in total. The molecule has 16 heavy (non-hydrogen) atoms. The second kappa shape index (κ2) is 12.9. The summed E-state index contributed by atoms with van der Waals surface area (Å²) in [6.07, 6.45) is 4.72. The zero-order chi connectivity index (χ0) is 12.1. The van der Waals surface area contributed by atoms with E-state index in [0.717, 1.165) is 52.1 Å². The summed E-state index contributed by atoms with van der Waals surface area (Å²) in [6, 6.07) is 0. The van der Waals surface area contributed by atoms with E-state index in [1.54, 1.807) is 0 Å². The lowest BCUT2D eigenvalue weighted by Gasteiger charge is -2.19. The van der Waals surface area contributed by atoms with Crippen molar-refractivity contribution in [3.8, 4) is 0 Å². The van der Waals surface area contributed by atoms with Crippen LogP contribution in [0, 0.1) is 0 Å². The molecule has 0 aromatic heterocycles. The smallest absolute Gasteiger partial charge is 0.000683 e. The first-order chi connectivity index (χ1) is 7.85. The Morgan fingerprint density at radius 2 is 1.50 bits per heavy atom. The van der Waals surface area contributed by atoms with Gasteiger partial charge in [-0.25, -0.2) is 0 Å². The Bertz CT molecular complexity index is 130. The standard InChI is InChI=1S/C12H30N4/c1-2-16(12-6-8-14)11-4-3-9-15-10-5-7-13/h15H,2-14H2,1H3. The zero-order valence-corrected chi connectivity index (χ0v) is 10.9. The Labute approximate surface area is 101 Å². The van der Waals surface area contributed by atoms with Crippen LogP contribution in [0.25, 0.3) is 0 Å². The summed E-state index contributed by atoms with van der Waals surface area (Å²) in [6.45, 7) is 9.47. The molecule has 98 valence electrons. The molecule has 4 nitrogen and oxygen atoms in total. The average Bonchev–Trinajstić information content (AvgIpc) is 2.32. The lowest BCUT2D eigenvalue weighted by Crippen LogP contribution is -2.28. The van der Waals surface area contributed by atoms with Crippen LogP contribution in [0.3, 0.4) is 0 Å². The van der Waals surface area contributed by atoms with Gasteiger partial charge in [0.05, 0.1) is 0 Å². The highest BCUT2D eigenvalue weighted by Gasteiger charge is 2.00. The van der Waals surface area contributed by atoms with E-state index >= 15 is 0 Å². The topological polar surface area (TPSA) is 67.3 Å². The van der Waals surface area contributed by atoms with Gasteiger partial charge in [0.1, 0.15) is 0 Å². The minimum absolute atomic E-state index is 0.787. The molecule has 0 atom stereocenters. The summed E-state index contributed by atoms with van der Waals surface area (Å²) in [5, 5.41) is 3.40. The van der Waals surface area contributed by atoms with Crippen molar-refractivity contribution in [2.24, 2.45) is 11.5 Å². The molecule has 0 spiro atoms. The molecule has 0 saturated carbocycles. The van der Waals surface area contributed by atoms with Gasteiger partial charge in [-0.05, 0) is 71.5 Å². The minimum Gasteiger partial charge on any atom is -0.330 e. The van der Waals surface area contributed by atoms with Gasteiger partial charge in [0, 0.05) is 0 Å². The monoisotopic (exact) mass is 230 g/mol. The molecule has 0 fully saturated rings. The maximum absolute atomic E-state index is 5.51. The minimum atomic E-state index is 0.787. The van der Waals surface area contributed by atoms with Crippen LogP contribution in [-0.4, -0.2) is 50.7 Å². The van der Waals surface area contributed by atoms with Gasteiger partial charge in [-0.2, -0.15) is 0 Å². The fourth-order valence-electron chi connectivity index (χ4n) is 1.68. The molecule has 0 aromatic rings. The van der Waals surface area contributed by atoms with Gasteiger partial charge in [0.25, 0.3) is 0 Å². The van der Waals surface area contributed by atoms with E-state index in [-0.39, 0.29) is 0 Å². The van der Waals surface area contributed by atoms with Crippen LogP contribution in [-0.2, 0) is 0 Å². The van der Waals surface area contributed by atoms with Crippen molar-refractivity contribution in [2.45, 2.75) is 32.6 Å². The largest absolute Gasteiger partial charge is 0.330 e. The third kappa shape index (κ3) is 10.4.